The van der Waals surface area contributed by atoms with Crippen LogP contribution < -0.4 is 5.73 Å². The van der Waals surface area contributed by atoms with Crippen LogP contribution in [0.25, 0.3) is 0 Å². The minimum Gasteiger partial charge on any atom is -0.475 e. The minimum atomic E-state index is -0.0463. The average molecular weight is 128 g/mol. The molecule has 2 N–H and O–H groups in total. The highest BCUT2D eigenvalue weighted by Gasteiger charge is 2.17. The van der Waals surface area contributed by atoms with E-state index in [1.807, 2.05) is 13.8 Å². The van der Waals surface area contributed by atoms with Crippen molar-refractivity contribution >= 4 is 5.90 Å². The lowest BCUT2D eigenvalue weighted by Crippen LogP contribution is -2.27. The molecule has 52 valence electrons. The Kier molecular flexibility index (Phi) is 1.71. The Morgan fingerprint density at radius 3 is 2.78 bits per heavy atom. The summed E-state index contributed by atoms with van der Waals surface area (Å²) in [4.78, 5) is 4.09. The second kappa shape index (κ2) is 2.35. The molecule has 0 saturated heterocycles. The van der Waals surface area contributed by atoms with E-state index in [1.54, 1.807) is 0 Å². The van der Waals surface area contributed by atoms with Gasteiger partial charge in [-0.1, -0.05) is 0 Å². The van der Waals surface area contributed by atoms with Crippen molar-refractivity contribution in [1.82, 2.24) is 0 Å². The molecule has 0 aromatic carbocycles. The molecule has 0 spiro atoms. The van der Waals surface area contributed by atoms with Gasteiger partial charge in [-0.05, 0) is 13.8 Å². The van der Waals surface area contributed by atoms with E-state index >= 15 is 0 Å². The molecule has 0 bridgehead atoms. The van der Waals surface area contributed by atoms with Gasteiger partial charge in [-0.15, -0.1) is 0 Å². The van der Waals surface area contributed by atoms with Gasteiger partial charge in [0.15, 0.2) is 0 Å². The number of hydrogen-bond acceptors (Lipinski definition) is 3. The molecule has 1 heterocycles. The number of aliphatic imine (C=N–C) groups is 1. The first-order valence-electron chi connectivity index (χ1n) is 3.16. The Balaban J connectivity index is 2.45. The summed E-state index contributed by atoms with van der Waals surface area (Å²) in [6, 6.07) is -0.0463. The van der Waals surface area contributed by atoms with Crippen LogP contribution >= 0.6 is 0 Å². The van der Waals surface area contributed by atoms with Crippen molar-refractivity contribution in [2.24, 2.45) is 10.7 Å². The van der Waals surface area contributed by atoms with Crippen LogP contribution in [0.4, 0.5) is 0 Å². The Labute approximate surface area is 54.9 Å². The summed E-state index contributed by atoms with van der Waals surface area (Å²) < 4.78 is 5.25. The maximum absolute atomic E-state index is 5.50. The molecule has 0 radical (unpaired) electrons. The van der Waals surface area contributed by atoms with Crippen molar-refractivity contribution in [2.75, 3.05) is 6.54 Å². The lowest BCUT2D eigenvalue weighted by Gasteiger charge is -2.06. The number of nitrogens with zero attached hydrogens (tertiary/aromatic N) is 1. The van der Waals surface area contributed by atoms with Crippen LogP contribution in [-0.4, -0.2) is 24.6 Å². The highest BCUT2D eigenvalue weighted by atomic mass is 16.5. The van der Waals surface area contributed by atoms with Crippen molar-refractivity contribution in [1.29, 1.82) is 0 Å². The third kappa shape index (κ3) is 1.42. The van der Waals surface area contributed by atoms with Gasteiger partial charge in [-0.25, -0.2) is 0 Å². The smallest absolute Gasteiger partial charge is 0.200 e. The molecule has 0 fully saturated rings. The van der Waals surface area contributed by atoms with Gasteiger partial charge in [-0.2, -0.15) is 0 Å². The third-order valence-electron chi connectivity index (χ3n) is 1.22. The quantitative estimate of drug-likeness (QED) is 0.546. The largest absolute Gasteiger partial charge is 0.475 e. The maximum Gasteiger partial charge on any atom is 0.200 e. The summed E-state index contributed by atoms with van der Waals surface area (Å²) >= 11 is 0. The van der Waals surface area contributed by atoms with Crippen LogP contribution in [0.15, 0.2) is 4.99 Å². The molecule has 2 atom stereocenters. The Bertz CT molecular complexity index is 131. The number of hydrogen-bond donors (Lipinski definition) is 1. The van der Waals surface area contributed by atoms with Crippen LogP contribution in [-0.2, 0) is 4.74 Å². The summed E-state index contributed by atoms with van der Waals surface area (Å²) in [5, 5.41) is 0. The summed E-state index contributed by atoms with van der Waals surface area (Å²) in [5.74, 6) is 0.697. The van der Waals surface area contributed by atoms with Crippen molar-refractivity contribution in [2.45, 2.75) is 26.0 Å². The van der Waals surface area contributed by atoms with Gasteiger partial charge in [-0.3, -0.25) is 4.99 Å². The molecule has 1 aliphatic heterocycles. The van der Waals surface area contributed by atoms with Gasteiger partial charge in [0, 0.05) is 0 Å². The standard InChI is InChI=1S/C6H12N2O/c1-4-3-8-6(9-4)5(2)7/h4-5H,3,7H2,1-2H3. The van der Waals surface area contributed by atoms with E-state index in [4.69, 9.17) is 10.5 Å². The SMILES string of the molecule is CC1CN=C(C(C)N)O1. The van der Waals surface area contributed by atoms with Crippen LogP contribution in [0.2, 0.25) is 0 Å². The third-order valence-corrected chi connectivity index (χ3v) is 1.22. The van der Waals surface area contributed by atoms with Crippen LogP contribution in [0.1, 0.15) is 13.8 Å². The second-order valence-electron chi connectivity index (χ2n) is 2.40. The molecular formula is C6H12N2O. The zero-order valence-electron chi connectivity index (χ0n) is 5.79. The Morgan fingerprint density at radius 1 is 1.89 bits per heavy atom. The monoisotopic (exact) mass is 128 g/mol. The van der Waals surface area contributed by atoms with E-state index in [2.05, 4.69) is 4.99 Å². The number of ether oxygens (including phenoxy) is 1. The first-order valence-corrected chi connectivity index (χ1v) is 3.16. The van der Waals surface area contributed by atoms with Gasteiger partial charge >= 0.3 is 0 Å². The van der Waals surface area contributed by atoms with E-state index in [-0.39, 0.29) is 12.1 Å². The summed E-state index contributed by atoms with van der Waals surface area (Å²) in [5.41, 5.74) is 5.50. The van der Waals surface area contributed by atoms with E-state index in [9.17, 15) is 0 Å². The van der Waals surface area contributed by atoms with Crippen molar-refractivity contribution < 1.29 is 4.74 Å². The molecule has 0 aliphatic carbocycles. The topological polar surface area (TPSA) is 47.6 Å². The zero-order chi connectivity index (χ0) is 6.85. The molecular weight excluding hydrogens is 116 g/mol. The maximum atomic E-state index is 5.50. The van der Waals surface area contributed by atoms with Crippen molar-refractivity contribution in [3.05, 3.63) is 0 Å². The molecule has 1 aliphatic rings. The normalized spacial score (nSPS) is 29.2. The molecule has 0 aromatic rings. The van der Waals surface area contributed by atoms with Gasteiger partial charge in [0.1, 0.15) is 6.10 Å². The lowest BCUT2D eigenvalue weighted by atomic mass is 10.4. The van der Waals surface area contributed by atoms with Crippen molar-refractivity contribution in [3.63, 3.8) is 0 Å². The predicted octanol–water partition coefficient (Wildman–Crippen LogP) is 0.151. The second-order valence-corrected chi connectivity index (χ2v) is 2.40. The van der Waals surface area contributed by atoms with Crippen molar-refractivity contribution in [3.8, 4) is 0 Å². The van der Waals surface area contributed by atoms with Crippen LogP contribution in [0.5, 0.6) is 0 Å². The molecule has 3 heteroatoms. The van der Waals surface area contributed by atoms with Gasteiger partial charge in [0.25, 0.3) is 0 Å². The van der Waals surface area contributed by atoms with E-state index in [0.717, 1.165) is 6.54 Å². The zero-order valence-corrected chi connectivity index (χ0v) is 5.79. The lowest BCUT2D eigenvalue weighted by molar-refractivity contribution is 0.237. The molecule has 0 amide bonds. The highest BCUT2D eigenvalue weighted by molar-refractivity contribution is 5.82. The molecule has 2 unspecified atom stereocenters. The average Bonchev–Trinajstić information content (AvgIpc) is 2.14. The van der Waals surface area contributed by atoms with E-state index < -0.39 is 0 Å². The van der Waals surface area contributed by atoms with Crippen LogP contribution in [0, 0.1) is 0 Å². The van der Waals surface area contributed by atoms with E-state index in [0.29, 0.717) is 5.90 Å². The molecule has 9 heavy (non-hydrogen) atoms. The fraction of sp³-hybridized carbons (Fsp3) is 0.833. The Hall–Kier alpha value is -0.570. The fourth-order valence-corrected chi connectivity index (χ4v) is 0.751. The number of nitrogens with two attached hydrogens (primary N) is 1. The first-order chi connectivity index (χ1) is 4.20. The minimum absolute atomic E-state index is 0.0463. The fourth-order valence-electron chi connectivity index (χ4n) is 0.751. The van der Waals surface area contributed by atoms with Gasteiger partial charge < -0.3 is 10.5 Å². The summed E-state index contributed by atoms with van der Waals surface area (Å²) in [7, 11) is 0. The molecule has 0 saturated carbocycles. The van der Waals surface area contributed by atoms with Gasteiger partial charge in [0.05, 0.1) is 12.6 Å². The predicted molar refractivity (Wildman–Crippen MR) is 36.5 cm³/mol. The molecule has 3 nitrogen and oxygen atoms in total. The van der Waals surface area contributed by atoms with E-state index in [1.165, 1.54) is 0 Å². The highest BCUT2D eigenvalue weighted by Crippen LogP contribution is 2.04. The first kappa shape index (κ1) is 6.55. The van der Waals surface area contributed by atoms with Gasteiger partial charge in [0.2, 0.25) is 5.90 Å². The number of rotatable bonds is 1. The van der Waals surface area contributed by atoms with Crippen LogP contribution in [0.3, 0.4) is 0 Å². The summed E-state index contributed by atoms with van der Waals surface area (Å²) in [6.45, 7) is 4.62. The summed E-state index contributed by atoms with van der Waals surface area (Å²) in [6.07, 6.45) is 0.228. The molecule has 0 aromatic heterocycles. The molecule has 1 rings (SSSR count). The Morgan fingerprint density at radius 2 is 2.56 bits per heavy atom.